The Labute approximate surface area is 110 Å². The maximum atomic E-state index is 11.6. The Morgan fingerprint density at radius 1 is 1.35 bits per heavy atom. The Balaban J connectivity index is 1.83. The monoisotopic (exact) mass is 274 g/mol. The van der Waals surface area contributed by atoms with Gasteiger partial charge < -0.3 is 9.47 Å². The Morgan fingerprint density at radius 3 is 2.65 bits per heavy atom. The first-order chi connectivity index (χ1) is 8.15. The molecule has 2 rings (SSSR count). The highest BCUT2D eigenvalue weighted by Gasteiger charge is 2.24. The van der Waals surface area contributed by atoms with Crippen molar-refractivity contribution < 1.29 is 14.3 Å². The Morgan fingerprint density at radius 2 is 2.06 bits per heavy atom. The van der Waals surface area contributed by atoms with Crippen LogP contribution >= 0.6 is 23.2 Å². The highest BCUT2D eigenvalue weighted by molar-refractivity contribution is 6.30. The quantitative estimate of drug-likeness (QED) is 0.627. The van der Waals surface area contributed by atoms with Crippen LogP contribution in [0.15, 0.2) is 24.3 Å². The number of halogens is 2. The summed E-state index contributed by atoms with van der Waals surface area (Å²) in [5.41, 5.74) is 0.226. The summed E-state index contributed by atoms with van der Waals surface area (Å²) in [5.74, 6) is -0.372. The molecule has 0 N–H and O–H groups in total. The third-order valence-electron chi connectivity index (χ3n) is 2.54. The first-order valence-corrected chi connectivity index (χ1v) is 6.19. The zero-order chi connectivity index (χ0) is 12.3. The molecule has 1 saturated heterocycles. The summed E-state index contributed by atoms with van der Waals surface area (Å²) in [6, 6.07) is 6.56. The van der Waals surface area contributed by atoms with E-state index in [1.54, 1.807) is 24.3 Å². The van der Waals surface area contributed by atoms with Crippen LogP contribution in [-0.4, -0.2) is 24.2 Å². The Kier molecular flexibility index (Phi) is 4.26. The first-order valence-electron chi connectivity index (χ1n) is 5.37. The molecule has 5 heteroatoms. The molecular weight excluding hydrogens is 263 g/mol. The van der Waals surface area contributed by atoms with Crippen molar-refractivity contribution in [3.05, 3.63) is 34.9 Å². The van der Waals surface area contributed by atoms with E-state index < -0.39 is 0 Å². The largest absolute Gasteiger partial charge is 0.459 e. The van der Waals surface area contributed by atoms with Gasteiger partial charge in [-0.15, -0.1) is 0 Å². The summed E-state index contributed by atoms with van der Waals surface area (Å²) in [6.45, 7) is 0.241. The number of ether oxygens (including phenoxy) is 2. The van der Waals surface area contributed by atoms with Gasteiger partial charge in [0.15, 0.2) is 0 Å². The Hall–Kier alpha value is -0.770. The van der Waals surface area contributed by atoms with Crippen molar-refractivity contribution in [2.24, 2.45) is 0 Å². The fraction of sp³-hybridized carbons (Fsp3) is 0.417. The highest BCUT2D eigenvalue weighted by atomic mass is 35.5. The van der Waals surface area contributed by atoms with Gasteiger partial charge in [0.25, 0.3) is 0 Å². The van der Waals surface area contributed by atoms with Gasteiger partial charge in [0, 0.05) is 5.02 Å². The van der Waals surface area contributed by atoms with E-state index in [0.29, 0.717) is 10.6 Å². The minimum Gasteiger partial charge on any atom is -0.459 e. The summed E-state index contributed by atoms with van der Waals surface area (Å²) >= 11 is 11.5. The van der Waals surface area contributed by atoms with Crippen LogP contribution in [-0.2, 0) is 9.47 Å². The van der Waals surface area contributed by atoms with Crippen LogP contribution in [0.25, 0.3) is 0 Å². The van der Waals surface area contributed by atoms with Gasteiger partial charge in [-0.2, -0.15) is 0 Å². The van der Waals surface area contributed by atoms with E-state index in [1.165, 1.54) is 0 Å². The molecule has 0 radical (unpaired) electrons. The van der Waals surface area contributed by atoms with E-state index in [4.69, 9.17) is 32.7 Å². The molecular formula is C12H12Cl2O3. The maximum Gasteiger partial charge on any atom is 0.338 e. The number of benzene rings is 1. The second-order valence-corrected chi connectivity index (χ2v) is 4.77. The average Bonchev–Trinajstić information content (AvgIpc) is 2.73. The van der Waals surface area contributed by atoms with E-state index in [9.17, 15) is 4.79 Å². The van der Waals surface area contributed by atoms with Gasteiger partial charge in [-0.3, -0.25) is 0 Å². The van der Waals surface area contributed by atoms with E-state index in [1.807, 2.05) is 0 Å². The summed E-state index contributed by atoms with van der Waals surface area (Å²) < 4.78 is 10.5. The summed E-state index contributed by atoms with van der Waals surface area (Å²) in [7, 11) is 0. The predicted octanol–water partition coefficient (Wildman–Crippen LogP) is 3.24. The van der Waals surface area contributed by atoms with Gasteiger partial charge in [0.2, 0.25) is 0 Å². The van der Waals surface area contributed by atoms with Crippen molar-refractivity contribution in [1.82, 2.24) is 0 Å². The molecule has 92 valence electrons. The number of alkyl halides is 1. The zero-order valence-electron chi connectivity index (χ0n) is 9.07. The van der Waals surface area contributed by atoms with Crippen molar-refractivity contribution in [1.29, 1.82) is 0 Å². The predicted molar refractivity (Wildman–Crippen MR) is 65.5 cm³/mol. The van der Waals surface area contributed by atoms with Crippen molar-refractivity contribution >= 4 is 29.2 Å². The number of carbonyl (C=O) groups excluding carboxylic acids is 1. The minimum absolute atomic E-state index is 0.0891. The van der Waals surface area contributed by atoms with Gasteiger partial charge in [-0.25, -0.2) is 4.79 Å². The van der Waals surface area contributed by atoms with Gasteiger partial charge in [0.05, 0.1) is 11.7 Å². The summed E-state index contributed by atoms with van der Waals surface area (Å²) in [5, 5.41) is 0.589. The molecule has 0 saturated carbocycles. The van der Waals surface area contributed by atoms with E-state index in [-0.39, 0.29) is 24.2 Å². The van der Waals surface area contributed by atoms with Crippen LogP contribution in [0.1, 0.15) is 23.2 Å². The number of carbonyl (C=O) groups is 1. The standard InChI is InChI=1S/C12H12Cl2O3/c13-9-3-1-8(2-4-9)12(15)16-7-10-5-6-11(14)17-10/h1-4,10-11H,5-7H2. The lowest BCUT2D eigenvalue weighted by molar-refractivity contribution is 0.00963. The molecule has 0 bridgehead atoms. The smallest absolute Gasteiger partial charge is 0.338 e. The van der Waals surface area contributed by atoms with Crippen molar-refractivity contribution in [3.8, 4) is 0 Å². The molecule has 2 unspecified atom stereocenters. The molecule has 17 heavy (non-hydrogen) atoms. The zero-order valence-corrected chi connectivity index (χ0v) is 10.6. The molecule has 0 aliphatic carbocycles. The lowest BCUT2D eigenvalue weighted by atomic mass is 10.2. The third kappa shape index (κ3) is 3.60. The third-order valence-corrected chi connectivity index (χ3v) is 3.11. The number of hydrogen-bond acceptors (Lipinski definition) is 3. The molecule has 2 atom stereocenters. The lowest BCUT2D eigenvalue weighted by Crippen LogP contribution is -2.18. The normalized spacial score (nSPS) is 23.6. The minimum atomic E-state index is -0.372. The van der Waals surface area contributed by atoms with Crippen molar-refractivity contribution in [3.63, 3.8) is 0 Å². The molecule has 1 aliphatic heterocycles. The number of esters is 1. The van der Waals surface area contributed by atoms with Crippen LogP contribution in [0.3, 0.4) is 0 Å². The van der Waals surface area contributed by atoms with Crippen molar-refractivity contribution in [2.45, 2.75) is 24.5 Å². The summed E-state index contributed by atoms with van der Waals surface area (Å²) in [4.78, 5) is 11.6. The molecule has 3 nitrogen and oxygen atoms in total. The number of rotatable bonds is 3. The maximum absolute atomic E-state index is 11.6. The molecule has 1 fully saturated rings. The number of hydrogen-bond donors (Lipinski definition) is 0. The Bertz CT molecular complexity index is 391. The molecule has 0 aromatic heterocycles. The van der Waals surface area contributed by atoms with Gasteiger partial charge in [-0.05, 0) is 37.1 Å². The van der Waals surface area contributed by atoms with Crippen LogP contribution in [0, 0.1) is 0 Å². The van der Waals surface area contributed by atoms with E-state index in [0.717, 1.165) is 12.8 Å². The molecule has 1 heterocycles. The fourth-order valence-corrected chi connectivity index (χ4v) is 2.02. The molecule has 0 amide bonds. The first kappa shape index (κ1) is 12.7. The molecule has 1 aromatic carbocycles. The van der Waals surface area contributed by atoms with Gasteiger partial charge in [-0.1, -0.05) is 23.2 Å². The summed E-state index contributed by atoms with van der Waals surface area (Å²) in [6.07, 6.45) is 1.53. The SMILES string of the molecule is O=C(OCC1CCC(Cl)O1)c1ccc(Cl)cc1. The van der Waals surface area contributed by atoms with E-state index in [2.05, 4.69) is 0 Å². The topological polar surface area (TPSA) is 35.5 Å². The average molecular weight is 275 g/mol. The van der Waals surface area contributed by atoms with Crippen LogP contribution in [0.4, 0.5) is 0 Å². The fourth-order valence-electron chi connectivity index (χ4n) is 1.62. The van der Waals surface area contributed by atoms with Gasteiger partial charge in [0.1, 0.15) is 12.2 Å². The van der Waals surface area contributed by atoms with Gasteiger partial charge >= 0.3 is 5.97 Å². The second kappa shape index (κ2) is 5.71. The molecule has 1 aromatic rings. The second-order valence-electron chi connectivity index (χ2n) is 3.85. The van der Waals surface area contributed by atoms with Crippen molar-refractivity contribution in [2.75, 3.05) is 6.61 Å². The van der Waals surface area contributed by atoms with Crippen LogP contribution in [0.2, 0.25) is 5.02 Å². The lowest BCUT2D eigenvalue weighted by Gasteiger charge is -2.10. The highest BCUT2D eigenvalue weighted by Crippen LogP contribution is 2.22. The van der Waals surface area contributed by atoms with Crippen LogP contribution in [0.5, 0.6) is 0 Å². The molecule has 0 spiro atoms. The van der Waals surface area contributed by atoms with Crippen LogP contribution < -0.4 is 0 Å². The molecule has 1 aliphatic rings. The van der Waals surface area contributed by atoms with E-state index >= 15 is 0 Å².